The fraction of sp³-hybridized carbons (Fsp3) is 0.636. The van der Waals surface area contributed by atoms with Crippen LogP contribution < -0.4 is 10.6 Å². The van der Waals surface area contributed by atoms with Gasteiger partial charge < -0.3 is 10.6 Å². The lowest BCUT2D eigenvalue weighted by Gasteiger charge is -2.08. The average molecular weight is 239 g/mol. The van der Waals surface area contributed by atoms with Gasteiger partial charge in [-0.25, -0.2) is 4.98 Å². The Bertz CT molecular complexity index is 358. The Balaban J connectivity index is 1.81. The lowest BCUT2D eigenvalue weighted by Crippen LogP contribution is -2.27. The van der Waals surface area contributed by atoms with Crippen LogP contribution in [0.2, 0.25) is 0 Å². The van der Waals surface area contributed by atoms with E-state index in [-0.39, 0.29) is 5.91 Å². The highest BCUT2D eigenvalue weighted by atomic mass is 32.1. The number of carbonyl (C=O) groups is 1. The third-order valence-electron chi connectivity index (χ3n) is 2.74. The number of rotatable bonds is 4. The van der Waals surface area contributed by atoms with Crippen molar-refractivity contribution in [2.24, 2.45) is 0 Å². The summed E-state index contributed by atoms with van der Waals surface area (Å²) in [6.45, 7) is 3.12. The first-order valence-electron chi connectivity index (χ1n) is 5.76. The van der Waals surface area contributed by atoms with Crippen molar-refractivity contribution >= 4 is 22.4 Å². The summed E-state index contributed by atoms with van der Waals surface area (Å²) in [7, 11) is 0. The van der Waals surface area contributed by atoms with E-state index >= 15 is 0 Å². The van der Waals surface area contributed by atoms with Crippen LogP contribution >= 0.6 is 11.3 Å². The molecule has 0 aliphatic carbocycles. The SMILES string of the molecule is CCc1cnc(NC(=O)CC2CCCN2)s1. The van der Waals surface area contributed by atoms with E-state index in [0.29, 0.717) is 12.5 Å². The van der Waals surface area contributed by atoms with Crippen molar-refractivity contribution in [3.8, 4) is 0 Å². The van der Waals surface area contributed by atoms with Crippen LogP contribution in [-0.4, -0.2) is 23.5 Å². The third-order valence-corrected chi connectivity index (χ3v) is 3.80. The molecule has 1 aliphatic rings. The van der Waals surface area contributed by atoms with Crippen LogP contribution in [0.5, 0.6) is 0 Å². The van der Waals surface area contributed by atoms with E-state index < -0.39 is 0 Å². The first-order valence-corrected chi connectivity index (χ1v) is 6.57. The molecule has 0 saturated carbocycles. The molecule has 1 aromatic rings. The van der Waals surface area contributed by atoms with Gasteiger partial charge in [-0.05, 0) is 25.8 Å². The molecule has 1 atom stereocenters. The maximum Gasteiger partial charge on any atom is 0.227 e. The summed E-state index contributed by atoms with van der Waals surface area (Å²) in [5, 5.41) is 6.89. The van der Waals surface area contributed by atoms with Crippen LogP contribution in [0.15, 0.2) is 6.20 Å². The number of aromatic nitrogens is 1. The smallest absolute Gasteiger partial charge is 0.227 e. The van der Waals surface area contributed by atoms with Gasteiger partial charge in [-0.15, -0.1) is 11.3 Å². The zero-order chi connectivity index (χ0) is 11.4. The van der Waals surface area contributed by atoms with E-state index in [0.717, 1.165) is 24.5 Å². The number of nitrogens with one attached hydrogen (secondary N) is 2. The highest BCUT2D eigenvalue weighted by molar-refractivity contribution is 7.15. The van der Waals surface area contributed by atoms with Crippen LogP contribution in [0.25, 0.3) is 0 Å². The van der Waals surface area contributed by atoms with Crippen LogP contribution in [0, 0.1) is 0 Å². The number of nitrogens with zero attached hydrogens (tertiary/aromatic N) is 1. The molecule has 1 fully saturated rings. The minimum atomic E-state index is 0.0661. The van der Waals surface area contributed by atoms with Crippen molar-refractivity contribution in [1.29, 1.82) is 0 Å². The summed E-state index contributed by atoms with van der Waals surface area (Å²) in [5.41, 5.74) is 0. The monoisotopic (exact) mass is 239 g/mol. The Hall–Kier alpha value is -0.940. The van der Waals surface area contributed by atoms with E-state index in [1.54, 1.807) is 11.3 Å². The van der Waals surface area contributed by atoms with E-state index in [9.17, 15) is 4.79 Å². The highest BCUT2D eigenvalue weighted by Crippen LogP contribution is 2.19. The molecule has 2 rings (SSSR count). The number of hydrogen-bond donors (Lipinski definition) is 2. The molecule has 0 bridgehead atoms. The molecule has 16 heavy (non-hydrogen) atoms. The van der Waals surface area contributed by atoms with E-state index in [4.69, 9.17) is 0 Å². The lowest BCUT2D eigenvalue weighted by molar-refractivity contribution is -0.116. The summed E-state index contributed by atoms with van der Waals surface area (Å²) < 4.78 is 0. The van der Waals surface area contributed by atoms with Gasteiger partial charge in [-0.2, -0.15) is 0 Å². The molecule has 2 N–H and O–H groups in total. The minimum Gasteiger partial charge on any atom is -0.313 e. The topological polar surface area (TPSA) is 54.0 Å². The molecule has 5 heteroatoms. The molecule has 0 radical (unpaired) electrons. The molecule has 2 heterocycles. The second-order valence-electron chi connectivity index (χ2n) is 4.03. The summed E-state index contributed by atoms with van der Waals surface area (Å²) in [5.74, 6) is 0.0661. The number of thiazole rings is 1. The summed E-state index contributed by atoms with van der Waals surface area (Å²) in [6.07, 6.45) is 5.63. The normalized spacial score (nSPS) is 19.9. The van der Waals surface area contributed by atoms with E-state index in [2.05, 4.69) is 22.5 Å². The number of amides is 1. The van der Waals surface area contributed by atoms with E-state index in [1.807, 2.05) is 6.20 Å². The lowest BCUT2D eigenvalue weighted by atomic mass is 10.1. The van der Waals surface area contributed by atoms with Crippen LogP contribution in [0.4, 0.5) is 5.13 Å². The zero-order valence-corrected chi connectivity index (χ0v) is 10.3. The molecule has 4 nitrogen and oxygen atoms in total. The Kier molecular flexibility index (Phi) is 3.90. The van der Waals surface area contributed by atoms with Gasteiger partial charge in [-0.1, -0.05) is 6.92 Å². The van der Waals surface area contributed by atoms with Gasteiger partial charge in [0.2, 0.25) is 5.91 Å². The predicted octanol–water partition coefficient (Wildman–Crippen LogP) is 1.79. The quantitative estimate of drug-likeness (QED) is 0.842. The van der Waals surface area contributed by atoms with Crippen LogP contribution in [0.3, 0.4) is 0 Å². The number of hydrogen-bond acceptors (Lipinski definition) is 4. The first-order chi connectivity index (χ1) is 7.78. The van der Waals surface area contributed by atoms with Crippen molar-refractivity contribution in [2.45, 2.75) is 38.6 Å². The Morgan fingerprint density at radius 2 is 2.62 bits per heavy atom. The molecule has 1 aliphatic heterocycles. The standard InChI is InChI=1S/C11H17N3OS/c1-2-9-7-13-11(16-9)14-10(15)6-8-4-3-5-12-8/h7-8,12H,2-6H2,1H3,(H,13,14,15). The van der Waals surface area contributed by atoms with Crippen molar-refractivity contribution in [3.05, 3.63) is 11.1 Å². The zero-order valence-electron chi connectivity index (χ0n) is 9.45. The van der Waals surface area contributed by atoms with Gasteiger partial charge in [0, 0.05) is 23.5 Å². The molecule has 1 saturated heterocycles. The molecule has 1 amide bonds. The van der Waals surface area contributed by atoms with Crippen LogP contribution in [-0.2, 0) is 11.2 Å². The maximum absolute atomic E-state index is 11.7. The number of anilines is 1. The third kappa shape index (κ3) is 3.02. The second-order valence-corrected chi connectivity index (χ2v) is 5.15. The fourth-order valence-electron chi connectivity index (χ4n) is 1.85. The summed E-state index contributed by atoms with van der Waals surface area (Å²) >= 11 is 1.56. The average Bonchev–Trinajstić information content (AvgIpc) is 2.89. The fourth-order valence-corrected chi connectivity index (χ4v) is 2.62. The molecule has 0 aromatic carbocycles. The van der Waals surface area contributed by atoms with Gasteiger partial charge >= 0.3 is 0 Å². The van der Waals surface area contributed by atoms with Crippen LogP contribution in [0.1, 0.15) is 31.1 Å². The van der Waals surface area contributed by atoms with Gasteiger partial charge in [0.15, 0.2) is 5.13 Å². The second kappa shape index (κ2) is 5.41. The van der Waals surface area contributed by atoms with Crippen molar-refractivity contribution < 1.29 is 4.79 Å². The van der Waals surface area contributed by atoms with Crippen molar-refractivity contribution in [3.63, 3.8) is 0 Å². The first kappa shape index (κ1) is 11.5. The van der Waals surface area contributed by atoms with Gasteiger partial charge in [0.25, 0.3) is 0 Å². The molecular formula is C11H17N3OS. The Morgan fingerprint density at radius 3 is 3.25 bits per heavy atom. The highest BCUT2D eigenvalue weighted by Gasteiger charge is 2.18. The Labute approximate surface area is 99.5 Å². The summed E-state index contributed by atoms with van der Waals surface area (Å²) in [4.78, 5) is 17.1. The van der Waals surface area contributed by atoms with E-state index in [1.165, 1.54) is 11.3 Å². The largest absolute Gasteiger partial charge is 0.313 e. The minimum absolute atomic E-state index is 0.0661. The molecule has 88 valence electrons. The predicted molar refractivity (Wildman–Crippen MR) is 65.8 cm³/mol. The number of carbonyl (C=O) groups excluding carboxylic acids is 1. The molecular weight excluding hydrogens is 222 g/mol. The van der Waals surface area contributed by atoms with Gasteiger partial charge in [-0.3, -0.25) is 4.79 Å². The maximum atomic E-state index is 11.7. The molecule has 1 unspecified atom stereocenters. The number of aryl methyl sites for hydroxylation is 1. The van der Waals surface area contributed by atoms with Crippen molar-refractivity contribution in [2.75, 3.05) is 11.9 Å². The van der Waals surface area contributed by atoms with Crippen molar-refractivity contribution in [1.82, 2.24) is 10.3 Å². The Morgan fingerprint density at radius 1 is 1.75 bits per heavy atom. The molecule has 0 spiro atoms. The van der Waals surface area contributed by atoms with Gasteiger partial charge in [0.05, 0.1) is 0 Å². The van der Waals surface area contributed by atoms with Gasteiger partial charge in [0.1, 0.15) is 0 Å². The summed E-state index contributed by atoms with van der Waals surface area (Å²) in [6, 6.07) is 0.352. The molecule has 1 aromatic heterocycles.